The van der Waals surface area contributed by atoms with E-state index < -0.39 is 6.61 Å². The Balaban J connectivity index is 2.22. The second-order valence-corrected chi connectivity index (χ2v) is 2.96. The van der Waals surface area contributed by atoms with Crippen LogP contribution in [0.15, 0.2) is 0 Å². The summed E-state index contributed by atoms with van der Waals surface area (Å²) >= 11 is 0. The lowest BCUT2D eigenvalue weighted by Gasteiger charge is -2.41. The molecule has 2 nitrogen and oxygen atoms in total. The zero-order chi connectivity index (χ0) is 8.32. The summed E-state index contributed by atoms with van der Waals surface area (Å²) in [6, 6.07) is 0. The molecule has 0 unspecified atom stereocenters. The molecule has 4 heteroatoms. The third-order valence-electron chi connectivity index (χ3n) is 2.33. The molecule has 1 saturated carbocycles. The van der Waals surface area contributed by atoms with Gasteiger partial charge in [-0.15, -0.1) is 0 Å². The Morgan fingerprint density at radius 1 is 1.55 bits per heavy atom. The first-order chi connectivity index (χ1) is 5.18. The van der Waals surface area contributed by atoms with E-state index in [0.717, 1.165) is 19.3 Å². The number of rotatable bonds is 4. The summed E-state index contributed by atoms with van der Waals surface area (Å²) in [4.78, 5) is 0. The van der Waals surface area contributed by atoms with E-state index in [1.807, 2.05) is 0 Å². The van der Waals surface area contributed by atoms with Crippen molar-refractivity contribution >= 4 is 0 Å². The molecular weight excluding hydrogens is 152 g/mol. The quantitative estimate of drug-likeness (QED) is 0.679. The van der Waals surface area contributed by atoms with Crippen LogP contribution in [0.1, 0.15) is 19.3 Å². The van der Waals surface area contributed by atoms with Crippen molar-refractivity contribution in [1.82, 2.24) is 5.32 Å². The average Bonchev–Trinajstić information content (AvgIpc) is 1.86. The third kappa shape index (κ3) is 2.10. The van der Waals surface area contributed by atoms with Crippen LogP contribution >= 0.6 is 0 Å². The van der Waals surface area contributed by atoms with Gasteiger partial charge in [0.2, 0.25) is 0 Å². The molecule has 0 aromatic rings. The number of hydrogen-bond donors (Lipinski definition) is 1. The molecule has 0 heterocycles. The van der Waals surface area contributed by atoms with Crippen molar-refractivity contribution in [2.45, 2.75) is 31.4 Å². The monoisotopic (exact) mass is 165 g/mol. The van der Waals surface area contributed by atoms with Crippen molar-refractivity contribution in [2.24, 2.45) is 0 Å². The topological polar surface area (TPSA) is 21.3 Å². The van der Waals surface area contributed by atoms with Crippen LogP contribution in [0.4, 0.5) is 8.78 Å². The van der Waals surface area contributed by atoms with Crippen LogP contribution in [0.25, 0.3) is 0 Å². The largest absolute Gasteiger partial charge is 0.345 e. The summed E-state index contributed by atoms with van der Waals surface area (Å²) in [5, 5.41) is 3.01. The van der Waals surface area contributed by atoms with Gasteiger partial charge in [0.15, 0.2) is 0 Å². The van der Waals surface area contributed by atoms with Crippen LogP contribution in [0, 0.1) is 0 Å². The van der Waals surface area contributed by atoms with Gasteiger partial charge in [-0.3, -0.25) is 0 Å². The molecule has 0 saturated heterocycles. The number of likely N-dealkylation sites (N-methyl/N-ethyl adjacent to an activating group) is 1. The highest BCUT2D eigenvalue weighted by molar-refractivity contribution is 4.94. The van der Waals surface area contributed by atoms with Crippen LogP contribution in [0.5, 0.6) is 0 Å². The SMILES string of the molecule is CNC1(COC(F)F)CCC1. The van der Waals surface area contributed by atoms with Crippen molar-refractivity contribution in [3.05, 3.63) is 0 Å². The molecule has 1 rings (SSSR count). The second-order valence-electron chi connectivity index (χ2n) is 2.96. The Bertz CT molecular complexity index is 120. The molecule has 1 fully saturated rings. The second kappa shape index (κ2) is 3.45. The highest BCUT2D eigenvalue weighted by Gasteiger charge is 2.36. The van der Waals surface area contributed by atoms with Crippen molar-refractivity contribution in [1.29, 1.82) is 0 Å². The van der Waals surface area contributed by atoms with E-state index >= 15 is 0 Å². The molecule has 1 aliphatic rings. The minimum absolute atomic E-state index is 0.126. The van der Waals surface area contributed by atoms with E-state index in [1.54, 1.807) is 7.05 Å². The summed E-state index contributed by atoms with van der Waals surface area (Å²) in [6.07, 6.45) is 2.99. The van der Waals surface area contributed by atoms with Gasteiger partial charge < -0.3 is 10.1 Å². The molecule has 0 spiro atoms. The van der Waals surface area contributed by atoms with Crippen molar-refractivity contribution < 1.29 is 13.5 Å². The highest BCUT2D eigenvalue weighted by Crippen LogP contribution is 2.31. The van der Waals surface area contributed by atoms with Gasteiger partial charge in [-0.25, -0.2) is 0 Å². The lowest BCUT2D eigenvalue weighted by molar-refractivity contribution is -0.151. The van der Waals surface area contributed by atoms with Gasteiger partial charge in [-0.2, -0.15) is 8.78 Å². The molecule has 0 amide bonds. The number of nitrogens with one attached hydrogen (secondary N) is 1. The lowest BCUT2D eigenvalue weighted by atomic mass is 9.77. The van der Waals surface area contributed by atoms with Crippen LogP contribution in [0.2, 0.25) is 0 Å². The Hall–Kier alpha value is -0.220. The van der Waals surface area contributed by atoms with E-state index in [0.29, 0.717) is 0 Å². The van der Waals surface area contributed by atoms with Crippen molar-refractivity contribution in [3.63, 3.8) is 0 Å². The zero-order valence-electron chi connectivity index (χ0n) is 6.57. The maximum absolute atomic E-state index is 11.6. The Labute approximate surface area is 64.9 Å². The molecule has 11 heavy (non-hydrogen) atoms. The van der Waals surface area contributed by atoms with Gasteiger partial charge >= 0.3 is 6.61 Å². The molecule has 0 aliphatic heterocycles. The molecule has 0 bridgehead atoms. The maximum atomic E-state index is 11.6. The molecule has 0 aromatic heterocycles. The first-order valence-corrected chi connectivity index (χ1v) is 3.77. The predicted octanol–water partition coefficient (Wildman–Crippen LogP) is 1.37. The molecule has 1 N–H and O–H groups in total. The normalized spacial score (nSPS) is 21.8. The van der Waals surface area contributed by atoms with E-state index in [9.17, 15) is 8.78 Å². The van der Waals surface area contributed by atoms with Gasteiger partial charge in [-0.05, 0) is 26.3 Å². The van der Waals surface area contributed by atoms with Crippen LogP contribution in [-0.4, -0.2) is 25.8 Å². The first-order valence-electron chi connectivity index (χ1n) is 3.77. The highest BCUT2D eigenvalue weighted by atomic mass is 19.3. The fourth-order valence-corrected chi connectivity index (χ4v) is 1.29. The van der Waals surface area contributed by atoms with Gasteiger partial charge in [-0.1, -0.05) is 0 Å². The van der Waals surface area contributed by atoms with Gasteiger partial charge in [0.25, 0.3) is 0 Å². The smallest absolute Gasteiger partial charge is 0.321 e. The molecule has 0 radical (unpaired) electrons. The minimum atomic E-state index is -2.64. The lowest BCUT2D eigenvalue weighted by Crippen LogP contribution is -2.53. The molecule has 1 aliphatic carbocycles. The van der Waals surface area contributed by atoms with Crippen LogP contribution in [0.3, 0.4) is 0 Å². The first kappa shape index (κ1) is 8.87. The zero-order valence-corrected chi connectivity index (χ0v) is 6.57. The summed E-state index contributed by atoms with van der Waals surface area (Å²) in [5.41, 5.74) is -0.156. The van der Waals surface area contributed by atoms with E-state index in [4.69, 9.17) is 0 Å². The van der Waals surface area contributed by atoms with Gasteiger partial charge in [0.05, 0.1) is 6.61 Å². The number of hydrogen-bond acceptors (Lipinski definition) is 2. The minimum Gasteiger partial charge on any atom is -0.321 e. The summed E-state index contributed by atoms with van der Waals surface area (Å²) in [7, 11) is 1.79. The molecule has 66 valence electrons. The van der Waals surface area contributed by atoms with Crippen LogP contribution < -0.4 is 5.32 Å². The number of alkyl halides is 2. The fraction of sp³-hybridized carbons (Fsp3) is 1.00. The van der Waals surface area contributed by atoms with Gasteiger partial charge in [0, 0.05) is 5.54 Å². The van der Waals surface area contributed by atoms with E-state index in [2.05, 4.69) is 10.1 Å². The molecular formula is C7H13F2NO. The van der Waals surface area contributed by atoms with Crippen molar-refractivity contribution in [2.75, 3.05) is 13.7 Å². The summed E-state index contributed by atoms with van der Waals surface area (Å²) in [5.74, 6) is 0. The van der Waals surface area contributed by atoms with Crippen LogP contribution in [-0.2, 0) is 4.74 Å². The molecule has 0 atom stereocenters. The van der Waals surface area contributed by atoms with E-state index in [-0.39, 0.29) is 12.1 Å². The fourth-order valence-electron chi connectivity index (χ4n) is 1.29. The Kier molecular flexibility index (Phi) is 2.78. The summed E-state index contributed by atoms with van der Waals surface area (Å²) < 4.78 is 27.5. The Morgan fingerprint density at radius 2 is 2.18 bits per heavy atom. The standard InChI is InChI=1S/C7H13F2NO/c1-10-7(3-2-4-7)5-11-6(8)9/h6,10H,2-5H2,1H3. The third-order valence-corrected chi connectivity index (χ3v) is 2.33. The predicted molar refractivity (Wildman–Crippen MR) is 37.6 cm³/mol. The number of ether oxygens (including phenoxy) is 1. The van der Waals surface area contributed by atoms with Crippen molar-refractivity contribution in [3.8, 4) is 0 Å². The average molecular weight is 165 g/mol. The Morgan fingerprint density at radius 3 is 2.45 bits per heavy atom. The number of halogens is 2. The maximum Gasteiger partial charge on any atom is 0.345 e. The van der Waals surface area contributed by atoms with Gasteiger partial charge in [0.1, 0.15) is 0 Å². The summed E-state index contributed by atoms with van der Waals surface area (Å²) in [6.45, 7) is -2.51. The molecule has 0 aromatic carbocycles. The van der Waals surface area contributed by atoms with E-state index in [1.165, 1.54) is 0 Å².